The lowest BCUT2D eigenvalue weighted by molar-refractivity contribution is 0.483. The highest BCUT2D eigenvalue weighted by atomic mass is 32.2. The van der Waals surface area contributed by atoms with Gasteiger partial charge in [-0.15, -0.1) is 0 Å². The van der Waals surface area contributed by atoms with Crippen molar-refractivity contribution in [2.45, 2.75) is 4.90 Å². The maximum atomic E-state index is 10.8. The van der Waals surface area contributed by atoms with Gasteiger partial charge in [0.2, 0.25) is 0 Å². The van der Waals surface area contributed by atoms with Crippen molar-refractivity contribution >= 4 is 21.0 Å². The number of fused-ring (bicyclic) bond motifs is 1. The van der Waals surface area contributed by atoms with Crippen LogP contribution in [0, 0.1) is 0 Å². The van der Waals surface area contributed by atoms with Crippen LogP contribution in [0.5, 0.6) is 0 Å². The van der Waals surface area contributed by atoms with E-state index in [9.17, 15) is 8.42 Å². The molecule has 1 aromatic heterocycles. The van der Waals surface area contributed by atoms with E-state index in [1.54, 1.807) is 24.4 Å². The van der Waals surface area contributed by atoms with Crippen LogP contribution in [0.4, 0.5) is 0 Å². The number of rotatable bonds is 1. The summed E-state index contributed by atoms with van der Waals surface area (Å²) in [5.41, 5.74) is 0.694. The summed E-state index contributed by atoms with van der Waals surface area (Å²) in [6.07, 6.45) is 1.62. The molecule has 0 fully saturated rings. The molecule has 0 aliphatic heterocycles. The van der Waals surface area contributed by atoms with Gasteiger partial charge < -0.3 is 0 Å². The van der Waals surface area contributed by atoms with Crippen LogP contribution >= 0.6 is 0 Å². The van der Waals surface area contributed by atoms with Crippen molar-refractivity contribution in [3.8, 4) is 0 Å². The van der Waals surface area contributed by atoms with E-state index in [2.05, 4.69) is 4.98 Å². The molecular formula is C9H7NO3S. The zero-order valence-corrected chi connectivity index (χ0v) is 7.90. The third-order valence-corrected chi connectivity index (χ3v) is 2.72. The Kier molecular flexibility index (Phi) is 1.98. The van der Waals surface area contributed by atoms with E-state index in [4.69, 9.17) is 4.55 Å². The molecule has 2 rings (SSSR count). The van der Waals surface area contributed by atoms with Gasteiger partial charge in [0, 0.05) is 11.6 Å². The molecule has 0 radical (unpaired) electrons. The second-order valence-corrected chi connectivity index (χ2v) is 4.25. The standard InChI is InChI=1S/C9H7NO3S/c11-14(12,13)8-3-4-9-7(6-8)2-1-5-10-9/h1-6H,(H,11,12,13). The summed E-state index contributed by atoms with van der Waals surface area (Å²) in [5.74, 6) is 0. The fourth-order valence-electron chi connectivity index (χ4n) is 1.21. The van der Waals surface area contributed by atoms with Crippen LogP contribution in [0.25, 0.3) is 10.9 Å². The van der Waals surface area contributed by atoms with Crippen molar-refractivity contribution in [2.75, 3.05) is 0 Å². The van der Waals surface area contributed by atoms with Gasteiger partial charge in [-0.3, -0.25) is 9.54 Å². The van der Waals surface area contributed by atoms with E-state index in [1.807, 2.05) is 0 Å². The molecule has 0 spiro atoms. The van der Waals surface area contributed by atoms with Gasteiger partial charge in [-0.2, -0.15) is 8.42 Å². The zero-order valence-electron chi connectivity index (χ0n) is 7.08. The highest BCUT2D eigenvalue weighted by molar-refractivity contribution is 7.85. The summed E-state index contributed by atoms with van der Waals surface area (Å²) in [4.78, 5) is 3.91. The second kappa shape index (κ2) is 3.04. The lowest BCUT2D eigenvalue weighted by Crippen LogP contribution is -1.97. The number of benzene rings is 1. The predicted octanol–water partition coefficient (Wildman–Crippen LogP) is 1.48. The molecule has 0 aliphatic rings. The third-order valence-electron chi connectivity index (χ3n) is 1.87. The summed E-state index contributed by atoms with van der Waals surface area (Å²) in [6, 6.07) is 7.70. The molecule has 0 amide bonds. The van der Waals surface area contributed by atoms with Crippen molar-refractivity contribution in [3.05, 3.63) is 36.5 Å². The van der Waals surface area contributed by atoms with Crippen LogP contribution in [-0.4, -0.2) is 18.0 Å². The molecule has 2 aromatic rings. The minimum Gasteiger partial charge on any atom is -0.282 e. The van der Waals surface area contributed by atoms with Gasteiger partial charge in [-0.05, 0) is 24.3 Å². The summed E-state index contributed by atoms with van der Waals surface area (Å²) in [6.45, 7) is 0. The number of hydrogen-bond acceptors (Lipinski definition) is 3. The maximum Gasteiger partial charge on any atom is 0.294 e. The normalized spacial score (nSPS) is 11.8. The number of nitrogens with zero attached hydrogens (tertiary/aromatic N) is 1. The Morgan fingerprint density at radius 3 is 2.71 bits per heavy atom. The fraction of sp³-hybridized carbons (Fsp3) is 0. The van der Waals surface area contributed by atoms with Gasteiger partial charge in [-0.25, -0.2) is 0 Å². The highest BCUT2D eigenvalue weighted by Crippen LogP contribution is 2.16. The van der Waals surface area contributed by atoms with E-state index in [1.165, 1.54) is 12.1 Å². The zero-order chi connectivity index (χ0) is 10.2. The van der Waals surface area contributed by atoms with Crippen LogP contribution in [0.1, 0.15) is 0 Å². The van der Waals surface area contributed by atoms with E-state index >= 15 is 0 Å². The molecule has 0 saturated heterocycles. The van der Waals surface area contributed by atoms with E-state index < -0.39 is 10.1 Å². The van der Waals surface area contributed by atoms with E-state index in [0.717, 1.165) is 0 Å². The summed E-state index contributed by atoms with van der Waals surface area (Å²) in [5, 5.41) is 0.683. The number of pyridine rings is 1. The van der Waals surface area contributed by atoms with Crippen molar-refractivity contribution in [2.24, 2.45) is 0 Å². The topological polar surface area (TPSA) is 67.3 Å². The molecule has 0 atom stereocenters. The Bertz CT molecular complexity index is 577. The van der Waals surface area contributed by atoms with Crippen LogP contribution in [-0.2, 0) is 10.1 Å². The van der Waals surface area contributed by atoms with Crippen LogP contribution in [0.15, 0.2) is 41.4 Å². The Labute approximate surface area is 81.0 Å². The maximum absolute atomic E-state index is 10.8. The average molecular weight is 209 g/mol. The molecule has 5 heteroatoms. The minimum atomic E-state index is -4.12. The van der Waals surface area contributed by atoms with Crippen LogP contribution in [0.3, 0.4) is 0 Å². The smallest absolute Gasteiger partial charge is 0.282 e. The molecule has 4 nitrogen and oxygen atoms in total. The van der Waals surface area contributed by atoms with Gasteiger partial charge >= 0.3 is 0 Å². The van der Waals surface area contributed by atoms with E-state index in [0.29, 0.717) is 10.9 Å². The summed E-state index contributed by atoms with van der Waals surface area (Å²) >= 11 is 0. The molecule has 0 bridgehead atoms. The summed E-state index contributed by atoms with van der Waals surface area (Å²) < 4.78 is 30.4. The monoisotopic (exact) mass is 209 g/mol. The molecule has 14 heavy (non-hydrogen) atoms. The average Bonchev–Trinajstić information content (AvgIpc) is 2.16. The molecule has 0 saturated carbocycles. The van der Waals surface area contributed by atoms with Gasteiger partial charge in [0.25, 0.3) is 10.1 Å². The summed E-state index contributed by atoms with van der Waals surface area (Å²) in [7, 11) is -4.12. The van der Waals surface area contributed by atoms with Gasteiger partial charge in [0.1, 0.15) is 0 Å². The number of hydrogen-bond donors (Lipinski definition) is 1. The quantitative estimate of drug-likeness (QED) is 0.722. The fourth-order valence-corrected chi connectivity index (χ4v) is 1.73. The first kappa shape index (κ1) is 9.11. The van der Waals surface area contributed by atoms with Gasteiger partial charge in [0.15, 0.2) is 0 Å². The minimum absolute atomic E-state index is 0.113. The predicted molar refractivity (Wildman–Crippen MR) is 51.6 cm³/mol. The Morgan fingerprint density at radius 1 is 1.21 bits per heavy atom. The molecular weight excluding hydrogens is 202 g/mol. The largest absolute Gasteiger partial charge is 0.294 e. The van der Waals surface area contributed by atoms with Crippen molar-refractivity contribution in [1.29, 1.82) is 0 Å². The van der Waals surface area contributed by atoms with Crippen LogP contribution in [0.2, 0.25) is 0 Å². The van der Waals surface area contributed by atoms with Crippen molar-refractivity contribution < 1.29 is 13.0 Å². The highest BCUT2D eigenvalue weighted by Gasteiger charge is 2.09. The lowest BCUT2D eigenvalue weighted by Gasteiger charge is -1.99. The first-order chi connectivity index (χ1) is 6.57. The molecule has 1 N–H and O–H groups in total. The molecule has 0 aliphatic carbocycles. The molecule has 72 valence electrons. The van der Waals surface area contributed by atoms with Crippen LogP contribution < -0.4 is 0 Å². The first-order valence-electron chi connectivity index (χ1n) is 3.90. The Morgan fingerprint density at radius 2 is 2.00 bits per heavy atom. The van der Waals surface area contributed by atoms with Crippen molar-refractivity contribution in [1.82, 2.24) is 4.98 Å². The SMILES string of the molecule is O=S(=O)(O)c1ccc2ncccc2c1. The second-order valence-electron chi connectivity index (χ2n) is 2.83. The van der Waals surface area contributed by atoms with E-state index in [-0.39, 0.29) is 4.90 Å². The van der Waals surface area contributed by atoms with Gasteiger partial charge in [-0.1, -0.05) is 6.07 Å². The Hall–Kier alpha value is -1.46. The first-order valence-corrected chi connectivity index (χ1v) is 5.34. The lowest BCUT2D eigenvalue weighted by atomic mass is 10.2. The number of aromatic nitrogens is 1. The Balaban J connectivity index is 2.75. The molecule has 1 aromatic carbocycles. The van der Waals surface area contributed by atoms with Gasteiger partial charge in [0.05, 0.1) is 10.4 Å². The third kappa shape index (κ3) is 1.59. The molecule has 1 heterocycles. The molecule has 0 unspecified atom stereocenters. The van der Waals surface area contributed by atoms with Crippen molar-refractivity contribution in [3.63, 3.8) is 0 Å².